The van der Waals surface area contributed by atoms with E-state index in [0.717, 1.165) is 24.9 Å². The summed E-state index contributed by atoms with van der Waals surface area (Å²) in [5.74, 6) is 0. The van der Waals surface area contributed by atoms with Crippen molar-refractivity contribution in [2.75, 3.05) is 12.3 Å². The van der Waals surface area contributed by atoms with E-state index in [1.807, 2.05) is 12.1 Å². The minimum atomic E-state index is 0.286. The highest BCUT2D eigenvalue weighted by Gasteiger charge is 1.97. The van der Waals surface area contributed by atoms with Crippen LogP contribution < -0.4 is 5.73 Å². The summed E-state index contributed by atoms with van der Waals surface area (Å²) in [6.45, 7) is 2.36. The maximum atomic E-state index is 8.64. The van der Waals surface area contributed by atoms with Crippen LogP contribution in [-0.4, -0.2) is 11.7 Å². The molecule has 1 aromatic rings. The molecule has 0 aliphatic heterocycles. The van der Waals surface area contributed by atoms with E-state index >= 15 is 0 Å². The third-order valence-corrected chi connectivity index (χ3v) is 2.22. The number of aliphatic hydroxyl groups is 1. The van der Waals surface area contributed by atoms with Gasteiger partial charge in [-0.15, -0.1) is 0 Å². The number of rotatable bonds is 4. The molecule has 3 N–H and O–H groups in total. The summed E-state index contributed by atoms with van der Waals surface area (Å²) in [5, 5.41) is 8.64. The maximum absolute atomic E-state index is 8.64. The zero-order valence-electron chi connectivity index (χ0n) is 8.09. The van der Waals surface area contributed by atoms with Gasteiger partial charge in [0.25, 0.3) is 0 Å². The Hall–Kier alpha value is -1.02. The first-order valence-corrected chi connectivity index (χ1v) is 4.70. The van der Waals surface area contributed by atoms with E-state index in [4.69, 9.17) is 10.8 Å². The number of nitrogens with two attached hydrogens (primary N) is 1. The smallest absolute Gasteiger partial charge is 0.0431 e. The number of benzene rings is 1. The molecule has 72 valence electrons. The highest BCUT2D eigenvalue weighted by molar-refractivity contribution is 5.44. The zero-order valence-corrected chi connectivity index (χ0v) is 8.09. The van der Waals surface area contributed by atoms with Gasteiger partial charge in [0.1, 0.15) is 0 Å². The molecule has 0 radical (unpaired) electrons. The lowest BCUT2D eigenvalue weighted by molar-refractivity contribution is 0.284. The Kier molecular flexibility index (Phi) is 3.77. The van der Waals surface area contributed by atoms with Crippen LogP contribution in [0.5, 0.6) is 0 Å². The van der Waals surface area contributed by atoms with E-state index in [0.29, 0.717) is 0 Å². The first-order valence-electron chi connectivity index (χ1n) is 4.70. The lowest BCUT2D eigenvalue weighted by Crippen LogP contribution is -1.93. The average molecular weight is 179 g/mol. The molecule has 0 saturated carbocycles. The SMILES string of the molecule is Cc1cc(N)ccc1CCCCO. The van der Waals surface area contributed by atoms with Crippen LogP contribution in [0.15, 0.2) is 18.2 Å². The van der Waals surface area contributed by atoms with Gasteiger partial charge in [-0.1, -0.05) is 6.07 Å². The number of anilines is 1. The van der Waals surface area contributed by atoms with E-state index in [1.165, 1.54) is 11.1 Å². The third kappa shape index (κ3) is 3.07. The summed E-state index contributed by atoms with van der Waals surface area (Å²) < 4.78 is 0. The lowest BCUT2D eigenvalue weighted by Gasteiger charge is -2.05. The largest absolute Gasteiger partial charge is 0.399 e. The highest BCUT2D eigenvalue weighted by Crippen LogP contribution is 2.14. The normalized spacial score (nSPS) is 10.3. The van der Waals surface area contributed by atoms with E-state index < -0.39 is 0 Å². The number of unbranched alkanes of at least 4 members (excludes halogenated alkanes) is 1. The van der Waals surface area contributed by atoms with Crippen molar-refractivity contribution in [3.63, 3.8) is 0 Å². The van der Waals surface area contributed by atoms with E-state index in [9.17, 15) is 0 Å². The number of nitrogen functional groups attached to an aromatic ring is 1. The maximum Gasteiger partial charge on any atom is 0.0431 e. The lowest BCUT2D eigenvalue weighted by atomic mass is 10.0. The first kappa shape index (κ1) is 10.1. The summed E-state index contributed by atoms with van der Waals surface area (Å²) in [7, 11) is 0. The predicted octanol–water partition coefficient (Wildman–Crippen LogP) is 1.89. The van der Waals surface area contributed by atoms with Crippen LogP contribution in [0, 0.1) is 6.92 Å². The second kappa shape index (κ2) is 4.87. The second-order valence-electron chi connectivity index (χ2n) is 3.37. The minimum Gasteiger partial charge on any atom is -0.399 e. The van der Waals surface area contributed by atoms with Crippen molar-refractivity contribution >= 4 is 5.69 Å². The van der Waals surface area contributed by atoms with E-state index in [2.05, 4.69) is 13.0 Å². The monoisotopic (exact) mass is 179 g/mol. The Labute approximate surface area is 79.4 Å². The molecule has 0 aliphatic rings. The molecule has 0 saturated heterocycles. The summed E-state index contributed by atoms with van der Waals surface area (Å²) >= 11 is 0. The van der Waals surface area contributed by atoms with Gasteiger partial charge in [0.15, 0.2) is 0 Å². The first-order chi connectivity index (χ1) is 6.24. The van der Waals surface area contributed by atoms with Crippen molar-refractivity contribution in [3.8, 4) is 0 Å². The van der Waals surface area contributed by atoms with Crippen molar-refractivity contribution in [2.24, 2.45) is 0 Å². The summed E-state index contributed by atoms with van der Waals surface area (Å²) in [5.41, 5.74) is 9.05. The third-order valence-electron chi connectivity index (χ3n) is 2.22. The molecule has 1 aromatic carbocycles. The Morgan fingerprint density at radius 1 is 1.31 bits per heavy atom. The molecule has 0 heterocycles. The Bertz CT molecular complexity index is 271. The number of hydrogen-bond acceptors (Lipinski definition) is 2. The second-order valence-corrected chi connectivity index (χ2v) is 3.37. The van der Waals surface area contributed by atoms with Gasteiger partial charge in [0.05, 0.1) is 0 Å². The van der Waals surface area contributed by atoms with Gasteiger partial charge >= 0.3 is 0 Å². The van der Waals surface area contributed by atoms with Crippen molar-refractivity contribution in [1.29, 1.82) is 0 Å². The van der Waals surface area contributed by atoms with Gasteiger partial charge in [-0.2, -0.15) is 0 Å². The summed E-state index contributed by atoms with van der Waals surface area (Å²) in [6.07, 6.45) is 2.96. The quantitative estimate of drug-likeness (QED) is 0.547. The van der Waals surface area contributed by atoms with Gasteiger partial charge in [0, 0.05) is 12.3 Å². The molecular formula is C11H17NO. The molecule has 2 heteroatoms. The fourth-order valence-corrected chi connectivity index (χ4v) is 1.43. The zero-order chi connectivity index (χ0) is 9.68. The molecule has 0 aromatic heterocycles. The molecule has 0 spiro atoms. The van der Waals surface area contributed by atoms with Crippen molar-refractivity contribution in [2.45, 2.75) is 26.2 Å². The van der Waals surface area contributed by atoms with Crippen LogP contribution in [-0.2, 0) is 6.42 Å². The van der Waals surface area contributed by atoms with Crippen LogP contribution in [0.4, 0.5) is 5.69 Å². The summed E-state index contributed by atoms with van der Waals surface area (Å²) in [6, 6.07) is 6.00. The molecule has 0 atom stereocenters. The average Bonchev–Trinajstić information content (AvgIpc) is 2.09. The van der Waals surface area contributed by atoms with Gasteiger partial charge < -0.3 is 10.8 Å². The minimum absolute atomic E-state index is 0.286. The van der Waals surface area contributed by atoms with E-state index in [-0.39, 0.29) is 6.61 Å². The fraction of sp³-hybridized carbons (Fsp3) is 0.455. The molecule has 0 unspecified atom stereocenters. The van der Waals surface area contributed by atoms with Crippen molar-refractivity contribution in [1.82, 2.24) is 0 Å². The molecule has 1 rings (SSSR count). The molecular weight excluding hydrogens is 162 g/mol. The van der Waals surface area contributed by atoms with Crippen LogP contribution in [0.1, 0.15) is 24.0 Å². The highest BCUT2D eigenvalue weighted by atomic mass is 16.2. The van der Waals surface area contributed by atoms with E-state index in [1.54, 1.807) is 0 Å². The standard InChI is InChI=1S/C11H17NO/c1-9-8-11(12)6-5-10(9)4-2-3-7-13/h5-6,8,13H,2-4,7,12H2,1H3. The Balaban J connectivity index is 2.56. The number of hydrogen-bond donors (Lipinski definition) is 2. The topological polar surface area (TPSA) is 46.2 Å². The molecule has 0 amide bonds. The van der Waals surface area contributed by atoms with Gasteiger partial charge in [-0.3, -0.25) is 0 Å². The van der Waals surface area contributed by atoms with Gasteiger partial charge in [-0.25, -0.2) is 0 Å². The Morgan fingerprint density at radius 2 is 2.08 bits per heavy atom. The molecule has 13 heavy (non-hydrogen) atoms. The Morgan fingerprint density at radius 3 is 2.69 bits per heavy atom. The molecule has 0 fully saturated rings. The van der Waals surface area contributed by atoms with Gasteiger partial charge in [0.2, 0.25) is 0 Å². The fourth-order valence-electron chi connectivity index (χ4n) is 1.43. The van der Waals surface area contributed by atoms with Crippen molar-refractivity contribution < 1.29 is 5.11 Å². The molecule has 0 bridgehead atoms. The van der Waals surface area contributed by atoms with Gasteiger partial charge in [-0.05, 0) is 49.4 Å². The van der Waals surface area contributed by atoms with Crippen LogP contribution in [0.3, 0.4) is 0 Å². The van der Waals surface area contributed by atoms with Crippen LogP contribution in [0.2, 0.25) is 0 Å². The summed E-state index contributed by atoms with van der Waals surface area (Å²) in [4.78, 5) is 0. The van der Waals surface area contributed by atoms with Crippen molar-refractivity contribution in [3.05, 3.63) is 29.3 Å². The molecule has 0 aliphatic carbocycles. The number of aliphatic hydroxyl groups excluding tert-OH is 1. The van der Waals surface area contributed by atoms with Crippen LogP contribution in [0.25, 0.3) is 0 Å². The predicted molar refractivity (Wildman–Crippen MR) is 55.6 cm³/mol. The number of aryl methyl sites for hydroxylation is 2. The van der Waals surface area contributed by atoms with Crippen LogP contribution >= 0.6 is 0 Å². The molecule has 2 nitrogen and oxygen atoms in total.